The Labute approximate surface area is 175 Å². The van der Waals surface area contributed by atoms with Crippen molar-refractivity contribution >= 4 is 11.9 Å². The fraction of sp³-hybridized carbons (Fsp3) is 0.417. The molecule has 0 saturated heterocycles. The van der Waals surface area contributed by atoms with Gasteiger partial charge in [-0.1, -0.05) is 36.4 Å². The highest BCUT2D eigenvalue weighted by molar-refractivity contribution is 6.01. The zero-order valence-corrected chi connectivity index (χ0v) is 17.0. The van der Waals surface area contributed by atoms with Crippen LogP contribution in [0.15, 0.2) is 48.5 Å². The third-order valence-electron chi connectivity index (χ3n) is 5.88. The van der Waals surface area contributed by atoms with Crippen LogP contribution >= 0.6 is 0 Å². The summed E-state index contributed by atoms with van der Waals surface area (Å²) in [6.07, 6.45) is 1.81. The first-order valence-electron chi connectivity index (χ1n) is 10.2. The molecule has 6 nitrogen and oxygen atoms in total. The summed E-state index contributed by atoms with van der Waals surface area (Å²) in [5.74, 6) is 0.0794. The van der Waals surface area contributed by atoms with Crippen molar-refractivity contribution in [2.24, 2.45) is 5.41 Å². The Hall–Kier alpha value is -2.86. The summed E-state index contributed by atoms with van der Waals surface area (Å²) in [6.45, 7) is 0.129. The topological polar surface area (TPSA) is 82.1 Å². The van der Waals surface area contributed by atoms with Gasteiger partial charge in [-0.3, -0.25) is 9.59 Å². The maximum Gasteiger partial charge on any atom is 0.324 e. The lowest BCUT2D eigenvalue weighted by Gasteiger charge is -2.40. The van der Waals surface area contributed by atoms with Crippen LogP contribution in [0.4, 0.5) is 0 Å². The Bertz CT molecular complexity index is 892. The third-order valence-corrected chi connectivity index (χ3v) is 5.88. The number of aliphatic hydroxyl groups excluding tert-OH is 1. The van der Waals surface area contributed by atoms with Crippen molar-refractivity contribution in [3.63, 3.8) is 0 Å². The molecule has 2 aliphatic carbocycles. The van der Waals surface area contributed by atoms with E-state index in [1.807, 2.05) is 12.1 Å². The van der Waals surface area contributed by atoms with Crippen molar-refractivity contribution < 1.29 is 28.9 Å². The van der Waals surface area contributed by atoms with Gasteiger partial charge in [0.1, 0.15) is 19.0 Å². The lowest BCUT2D eigenvalue weighted by Crippen LogP contribution is -2.53. The molecule has 1 N–H and O–H groups in total. The van der Waals surface area contributed by atoms with E-state index in [9.17, 15) is 14.7 Å². The molecule has 0 bridgehead atoms. The van der Waals surface area contributed by atoms with Gasteiger partial charge in [-0.25, -0.2) is 0 Å². The van der Waals surface area contributed by atoms with E-state index < -0.39 is 23.5 Å². The third kappa shape index (κ3) is 4.33. The molecule has 30 heavy (non-hydrogen) atoms. The Kier molecular flexibility index (Phi) is 5.77. The molecule has 2 saturated carbocycles. The van der Waals surface area contributed by atoms with Crippen LogP contribution in [0.2, 0.25) is 0 Å². The number of carbonyl (C=O) groups excluding carboxylic acids is 2. The van der Waals surface area contributed by atoms with Gasteiger partial charge in [-0.2, -0.15) is 0 Å². The number of aliphatic hydroxyl groups is 1. The lowest BCUT2D eigenvalue weighted by atomic mass is 9.66. The maximum absolute atomic E-state index is 12.7. The molecule has 0 atom stereocenters. The first-order chi connectivity index (χ1) is 14.5. The summed E-state index contributed by atoms with van der Waals surface area (Å²) in [5.41, 5.74) is 1.53. The average molecular weight is 410 g/mol. The van der Waals surface area contributed by atoms with Crippen LogP contribution in [0.1, 0.15) is 48.3 Å². The predicted octanol–water partition coefficient (Wildman–Crippen LogP) is 3.50. The zero-order valence-electron chi connectivity index (χ0n) is 17.0. The van der Waals surface area contributed by atoms with Gasteiger partial charge in [0.25, 0.3) is 0 Å². The molecule has 0 aromatic heterocycles. The van der Waals surface area contributed by atoms with Crippen LogP contribution in [0.3, 0.4) is 0 Å². The predicted molar refractivity (Wildman–Crippen MR) is 109 cm³/mol. The van der Waals surface area contributed by atoms with E-state index in [2.05, 4.69) is 12.1 Å². The fourth-order valence-corrected chi connectivity index (χ4v) is 3.76. The molecule has 0 radical (unpaired) electrons. The number of rotatable bonds is 8. The van der Waals surface area contributed by atoms with Crippen LogP contribution in [-0.4, -0.2) is 30.3 Å². The largest absolute Gasteiger partial charge is 0.497 e. The Morgan fingerprint density at radius 3 is 1.83 bits per heavy atom. The number of hydrogen-bond donors (Lipinski definition) is 1. The molecular formula is C24H26O6. The van der Waals surface area contributed by atoms with Gasteiger partial charge in [-0.05, 0) is 47.6 Å². The van der Waals surface area contributed by atoms with Crippen molar-refractivity contribution in [3.8, 4) is 5.75 Å². The highest BCUT2D eigenvalue weighted by Gasteiger charge is 2.58. The minimum absolute atomic E-state index is 0.0217. The second kappa shape index (κ2) is 8.48. The van der Waals surface area contributed by atoms with Crippen LogP contribution in [0, 0.1) is 5.41 Å². The molecular weight excluding hydrogens is 384 g/mol. The summed E-state index contributed by atoms with van der Waals surface area (Å²) < 4.78 is 15.9. The summed E-state index contributed by atoms with van der Waals surface area (Å²) in [4.78, 5) is 25.4. The van der Waals surface area contributed by atoms with E-state index in [-0.39, 0.29) is 26.1 Å². The van der Waals surface area contributed by atoms with Crippen molar-refractivity contribution in [1.29, 1.82) is 0 Å². The maximum atomic E-state index is 12.7. The molecule has 2 aromatic rings. The Balaban J connectivity index is 1.34. The van der Waals surface area contributed by atoms with E-state index >= 15 is 0 Å². The van der Waals surface area contributed by atoms with Crippen LogP contribution in [-0.2, 0) is 32.3 Å². The summed E-state index contributed by atoms with van der Waals surface area (Å²) >= 11 is 0. The highest BCUT2D eigenvalue weighted by Crippen LogP contribution is 2.44. The van der Waals surface area contributed by atoms with Gasteiger partial charge in [0.15, 0.2) is 5.41 Å². The van der Waals surface area contributed by atoms with Crippen LogP contribution in [0.5, 0.6) is 5.75 Å². The molecule has 2 aromatic carbocycles. The summed E-state index contributed by atoms with van der Waals surface area (Å²) in [5, 5.41) is 9.77. The molecule has 0 heterocycles. The summed E-state index contributed by atoms with van der Waals surface area (Å²) in [7, 11) is 1.58. The zero-order chi connectivity index (χ0) is 21.1. The van der Waals surface area contributed by atoms with E-state index in [1.165, 1.54) is 18.4 Å². The number of esters is 2. The normalized spacial score (nSPS) is 22.7. The van der Waals surface area contributed by atoms with Crippen molar-refractivity contribution in [2.75, 3.05) is 7.11 Å². The monoisotopic (exact) mass is 410 g/mol. The number of ether oxygens (including phenoxy) is 3. The fourth-order valence-electron chi connectivity index (χ4n) is 3.76. The van der Waals surface area contributed by atoms with E-state index in [1.54, 1.807) is 31.4 Å². The van der Waals surface area contributed by atoms with E-state index in [4.69, 9.17) is 14.2 Å². The first kappa shape index (κ1) is 20.4. The second-order valence-corrected chi connectivity index (χ2v) is 8.16. The Morgan fingerprint density at radius 2 is 1.40 bits per heavy atom. The summed E-state index contributed by atoms with van der Waals surface area (Å²) in [6, 6.07) is 15.1. The van der Waals surface area contributed by atoms with Gasteiger partial charge in [-0.15, -0.1) is 0 Å². The number of carbonyl (C=O) groups is 2. The molecule has 2 aliphatic rings. The van der Waals surface area contributed by atoms with Crippen molar-refractivity contribution in [3.05, 3.63) is 65.2 Å². The van der Waals surface area contributed by atoms with Gasteiger partial charge in [0, 0.05) is 12.8 Å². The van der Waals surface area contributed by atoms with Crippen molar-refractivity contribution in [2.45, 2.75) is 50.9 Å². The standard InChI is InChI=1S/C24H26O6/c1-28-21-10-4-17(5-11-21)15-30-23(27)24(12-20(25)13-24)22(26)29-14-16-2-6-18(7-3-16)19-8-9-19/h2-7,10-11,19-20,25H,8-9,12-15H2,1H3. The van der Waals surface area contributed by atoms with Crippen LogP contribution in [0.25, 0.3) is 0 Å². The van der Waals surface area contributed by atoms with Gasteiger partial charge in [0.2, 0.25) is 0 Å². The molecule has 6 heteroatoms. The average Bonchev–Trinajstić information content (AvgIpc) is 3.59. The smallest absolute Gasteiger partial charge is 0.324 e. The first-order valence-corrected chi connectivity index (χ1v) is 10.2. The molecule has 0 spiro atoms. The minimum atomic E-state index is -1.43. The minimum Gasteiger partial charge on any atom is -0.497 e. The SMILES string of the molecule is COc1ccc(COC(=O)C2(C(=O)OCc3ccc(C4CC4)cc3)CC(O)C2)cc1. The molecule has 2 fully saturated rings. The molecule has 0 amide bonds. The number of hydrogen-bond acceptors (Lipinski definition) is 6. The Morgan fingerprint density at radius 1 is 0.900 bits per heavy atom. The van der Waals surface area contributed by atoms with Gasteiger partial charge in [0.05, 0.1) is 13.2 Å². The molecule has 0 aliphatic heterocycles. The van der Waals surface area contributed by atoms with Crippen LogP contribution < -0.4 is 4.74 Å². The highest BCUT2D eigenvalue weighted by atomic mass is 16.6. The van der Waals surface area contributed by atoms with Crippen molar-refractivity contribution in [1.82, 2.24) is 0 Å². The van der Waals surface area contributed by atoms with Gasteiger partial charge >= 0.3 is 11.9 Å². The van der Waals surface area contributed by atoms with E-state index in [0.717, 1.165) is 11.1 Å². The quantitative estimate of drug-likeness (QED) is 0.530. The number of methoxy groups -OCH3 is 1. The van der Waals surface area contributed by atoms with E-state index in [0.29, 0.717) is 11.7 Å². The molecule has 4 rings (SSSR count). The number of benzene rings is 2. The van der Waals surface area contributed by atoms with Gasteiger partial charge < -0.3 is 19.3 Å². The molecule has 0 unspecified atom stereocenters. The second-order valence-electron chi connectivity index (χ2n) is 8.16. The molecule has 158 valence electrons. The lowest BCUT2D eigenvalue weighted by molar-refractivity contribution is -0.190.